The van der Waals surface area contributed by atoms with Crippen LogP contribution >= 0.6 is 24.8 Å². The zero-order chi connectivity index (χ0) is 24.5. The molecular weight excluding hydrogens is 545 g/mol. The quantitative estimate of drug-likeness (QED) is 0.500. The molecule has 2 aliphatic rings. The lowest BCUT2D eigenvalue weighted by molar-refractivity contribution is 0.0709. The molecule has 2 heterocycles. The molecule has 0 aromatic heterocycles. The molecular formula is C24H33Cl2N3O5S2. The first-order valence-electron chi connectivity index (χ1n) is 11.5. The fourth-order valence-corrected chi connectivity index (χ4v) is 6.52. The molecule has 0 radical (unpaired) electrons. The second-order valence-electron chi connectivity index (χ2n) is 9.07. The second-order valence-corrected chi connectivity index (χ2v) is 13.1. The van der Waals surface area contributed by atoms with Crippen LogP contribution in [0, 0.1) is 0 Å². The zero-order valence-corrected chi connectivity index (χ0v) is 23.6. The Hall–Kier alpha value is -1.85. The Bertz CT molecular complexity index is 1250. The third kappa shape index (κ3) is 6.52. The van der Waals surface area contributed by atoms with Gasteiger partial charge in [-0.1, -0.05) is 0 Å². The van der Waals surface area contributed by atoms with Gasteiger partial charge >= 0.3 is 0 Å². The fraction of sp³-hybridized carbons (Fsp3) is 0.458. The summed E-state index contributed by atoms with van der Waals surface area (Å²) in [5.41, 5.74) is 0.958. The van der Waals surface area contributed by atoms with E-state index < -0.39 is 19.9 Å². The highest BCUT2D eigenvalue weighted by atomic mass is 35.5. The summed E-state index contributed by atoms with van der Waals surface area (Å²) < 4.78 is 50.5. The number of amides is 1. The maximum Gasteiger partial charge on any atom is 0.264 e. The van der Waals surface area contributed by atoms with Gasteiger partial charge in [-0.25, -0.2) is 16.8 Å². The van der Waals surface area contributed by atoms with Gasteiger partial charge in [0.05, 0.1) is 15.5 Å². The first-order valence-corrected chi connectivity index (χ1v) is 14.8. The number of likely N-dealkylation sites (tertiary alicyclic amines) is 2. The Kier molecular flexibility index (Phi) is 10.2. The number of nitrogens with zero attached hydrogens (tertiary/aromatic N) is 3. The molecule has 0 unspecified atom stereocenters. The number of anilines is 1. The highest BCUT2D eigenvalue weighted by molar-refractivity contribution is 7.92. The van der Waals surface area contributed by atoms with Crippen molar-refractivity contribution in [2.45, 2.75) is 41.5 Å². The molecule has 0 spiro atoms. The van der Waals surface area contributed by atoms with E-state index in [0.29, 0.717) is 11.3 Å². The summed E-state index contributed by atoms with van der Waals surface area (Å²) in [5.74, 6) is -0.0184. The fourth-order valence-electron chi connectivity index (χ4n) is 4.69. The topological polar surface area (TPSA) is 95.1 Å². The Morgan fingerprint density at radius 3 is 1.97 bits per heavy atom. The van der Waals surface area contributed by atoms with Crippen LogP contribution in [0.15, 0.2) is 58.3 Å². The normalized spacial score (nSPS) is 18.4. The predicted octanol–water partition coefficient (Wildman–Crippen LogP) is 3.46. The number of sulfonamides is 1. The molecule has 0 N–H and O–H groups in total. The largest absolute Gasteiger partial charge is 0.334 e. The summed E-state index contributed by atoms with van der Waals surface area (Å²) >= 11 is 0. The van der Waals surface area contributed by atoms with Crippen LogP contribution in [0.25, 0.3) is 0 Å². The third-order valence-corrected chi connectivity index (χ3v) is 9.62. The van der Waals surface area contributed by atoms with Gasteiger partial charge < -0.3 is 9.80 Å². The number of benzene rings is 2. The molecule has 1 amide bonds. The molecule has 12 heteroatoms. The molecule has 4 rings (SSSR count). The molecule has 200 valence electrons. The first kappa shape index (κ1) is 30.4. The molecule has 2 saturated heterocycles. The molecule has 0 bridgehead atoms. The Morgan fingerprint density at radius 1 is 0.861 bits per heavy atom. The van der Waals surface area contributed by atoms with Gasteiger partial charge in [-0.3, -0.25) is 9.10 Å². The number of sulfone groups is 1. The molecule has 36 heavy (non-hydrogen) atoms. The summed E-state index contributed by atoms with van der Waals surface area (Å²) in [6, 6.07) is 12.0. The van der Waals surface area contributed by atoms with Crippen LogP contribution < -0.4 is 4.31 Å². The van der Waals surface area contributed by atoms with E-state index in [1.54, 1.807) is 24.3 Å². The van der Waals surface area contributed by atoms with E-state index in [4.69, 9.17) is 0 Å². The van der Waals surface area contributed by atoms with Gasteiger partial charge in [-0.05, 0) is 87.3 Å². The van der Waals surface area contributed by atoms with Crippen molar-refractivity contribution in [2.75, 3.05) is 43.8 Å². The molecule has 2 aromatic carbocycles. The predicted molar refractivity (Wildman–Crippen MR) is 146 cm³/mol. The van der Waals surface area contributed by atoms with Crippen molar-refractivity contribution < 1.29 is 21.6 Å². The van der Waals surface area contributed by atoms with Crippen molar-refractivity contribution in [1.82, 2.24) is 9.80 Å². The molecule has 2 aromatic rings. The van der Waals surface area contributed by atoms with Crippen LogP contribution in [-0.4, -0.2) is 78.1 Å². The second kappa shape index (κ2) is 12.1. The molecule has 2 aliphatic heterocycles. The van der Waals surface area contributed by atoms with E-state index in [1.165, 1.54) is 44.2 Å². The maximum atomic E-state index is 13.2. The van der Waals surface area contributed by atoms with Crippen molar-refractivity contribution in [3.05, 3.63) is 54.1 Å². The van der Waals surface area contributed by atoms with E-state index in [-0.39, 0.29) is 46.6 Å². The minimum atomic E-state index is -3.89. The zero-order valence-electron chi connectivity index (χ0n) is 20.4. The lowest BCUT2D eigenvalue weighted by atomic mass is 10.1. The van der Waals surface area contributed by atoms with Crippen LogP contribution in [0.5, 0.6) is 0 Å². The van der Waals surface area contributed by atoms with Crippen molar-refractivity contribution in [2.24, 2.45) is 0 Å². The first-order chi connectivity index (χ1) is 16.1. The highest BCUT2D eigenvalue weighted by Crippen LogP contribution is 2.26. The summed E-state index contributed by atoms with van der Waals surface area (Å²) in [6.07, 6.45) is 5.53. The molecule has 0 aliphatic carbocycles. The monoisotopic (exact) mass is 577 g/mol. The molecule has 2 fully saturated rings. The molecule has 1 atom stereocenters. The van der Waals surface area contributed by atoms with Gasteiger partial charge in [-0.2, -0.15) is 0 Å². The number of halogens is 2. The van der Waals surface area contributed by atoms with E-state index in [2.05, 4.69) is 4.90 Å². The van der Waals surface area contributed by atoms with Gasteiger partial charge in [-0.15, -0.1) is 24.8 Å². The summed E-state index contributed by atoms with van der Waals surface area (Å²) in [7, 11) is -5.87. The van der Waals surface area contributed by atoms with Gasteiger partial charge in [0, 0.05) is 38.0 Å². The van der Waals surface area contributed by atoms with Crippen molar-refractivity contribution in [1.29, 1.82) is 0 Å². The van der Waals surface area contributed by atoms with Crippen LogP contribution in [0.1, 0.15) is 36.0 Å². The van der Waals surface area contributed by atoms with Gasteiger partial charge in [0.25, 0.3) is 15.9 Å². The average Bonchev–Trinajstić information content (AvgIpc) is 3.50. The van der Waals surface area contributed by atoms with Crippen molar-refractivity contribution in [3.63, 3.8) is 0 Å². The lowest BCUT2D eigenvalue weighted by Crippen LogP contribution is -2.42. The number of carbonyl (C=O) groups excluding carboxylic acids is 1. The van der Waals surface area contributed by atoms with E-state index >= 15 is 0 Å². The van der Waals surface area contributed by atoms with Crippen molar-refractivity contribution >= 4 is 56.3 Å². The summed E-state index contributed by atoms with van der Waals surface area (Å²) in [6.45, 7) is 3.87. The number of hydrogen-bond donors (Lipinski definition) is 0. The lowest BCUT2D eigenvalue weighted by Gasteiger charge is -2.28. The Morgan fingerprint density at radius 2 is 1.42 bits per heavy atom. The summed E-state index contributed by atoms with van der Waals surface area (Å²) in [4.78, 5) is 17.6. The Balaban J connectivity index is 0.00000228. The van der Waals surface area contributed by atoms with E-state index in [0.717, 1.165) is 49.6 Å². The van der Waals surface area contributed by atoms with Crippen molar-refractivity contribution in [3.8, 4) is 0 Å². The standard InChI is InChI=1S/C24H31N3O5S2.2ClH/c1-25(34(31,32)23-13-11-22(12-14-23)33(2,29)30)20-9-7-19(8-10-20)24(28)27-17-5-6-21(27)18-26-15-3-4-16-26;;/h7-14,21H,3-6,15-18H2,1-2H3;2*1H/t21-;;/m0../s1. The Labute approximate surface area is 226 Å². The number of rotatable bonds is 7. The number of hydrogen-bond acceptors (Lipinski definition) is 6. The summed E-state index contributed by atoms with van der Waals surface area (Å²) in [5, 5.41) is 0. The van der Waals surface area contributed by atoms with E-state index in [1.807, 2.05) is 4.90 Å². The smallest absolute Gasteiger partial charge is 0.264 e. The SMILES string of the molecule is CN(c1ccc(C(=O)N2CCC[C@H]2CN2CCCC2)cc1)S(=O)(=O)c1ccc(S(C)(=O)=O)cc1.Cl.Cl. The van der Waals surface area contributed by atoms with Gasteiger partial charge in [0.1, 0.15) is 0 Å². The highest BCUT2D eigenvalue weighted by Gasteiger charge is 2.31. The van der Waals surface area contributed by atoms with Gasteiger partial charge in [0.2, 0.25) is 0 Å². The van der Waals surface area contributed by atoms with Crippen LogP contribution in [0.2, 0.25) is 0 Å². The third-order valence-electron chi connectivity index (χ3n) is 6.69. The average molecular weight is 579 g/mol. The van der Waals surface area contributed by atoms with Crippen LogP contribution in [0.4, 0.5) is 5.69 Å². The minimum absolute atomic E-state index is 0. The van der Waals surface area contributed by atoms with Crippen LogP contribution in [-0.2, 0) is 19.9 Å². The number of carbonyl (C=O) groups is 1. The molecule has 0 saturated carbocycles. The van der Waals surface area contributed by atoms with Gasteiger partial charge in [0.15, 0.2) is 9.84 Å². The minimum Gasteiger partial charge on any atom is -0.334 e. The van der Waals surface area contributed by atoms with E-state index in [9.17, 15) is 21.6 Å². The molecule has 8 nitrogen and oxygen atoms in total. The maximum absolute atomic E-state index is 13.2. The van der Waals surface area contributed by atoms with Crippen LogP contribution in [0.3, 0.4) is 0 Å².